The summed E-state index contributed by atoms with van der Waals surface area (Å²) in [7, 11) is 0. The van der Waals surface area contributed by atoms with Gasteiger partial charge in [0.1, 0.15) is 0 Å². The first kappa shape index (κ1) is 14.2. The minimum Gasteiger partial charge on any atom is -0.465 e. The van der Waals surface area contributed by atoms with Gasteiger partial charge >= 0.3 is 5.97 Å². The first-order chi connectivity index (χ1) is 8.95. The molecule has 4 nitrogen and oxygen atoms in total. The molecule has 1 fully saturated rings. The summed E-state index contributed by atoms with van der Waals surface area (Å²) in [6.45, 7) is 2.11. The van der Waals surface area contributed by atoms with E-state index in [0.29, 0.717) is 28.8 Å². The van der Waals surface area contributed by atoms with E-state index in [4.69, 9.17) is 27.9 Å². The number of benzene rings is 1. The van der Waals surface area contributed by atoms with E-state index in [0.717, 1.165) is 5.56 Å². The van der Waals surface area contributed by atoms with E-state index in [9.17, 15) is 9.59 Å². The Morgan fingerprint density at radius 3 is 2.58 bits per heavy atom. The summed E-state index contributed by atoms with van der Waals surface area (Å²) in [5.41, 5.74) is 1.33. The van der Waals surface area contributed by atoms with Crippen LogP contribution in [0.5, 0.6) is 0 Å². The third-order valence-electron chi connectivity index (χ3n) is 2.97. The predicted molar refractivity (Wildman–Crippen MR) is 73.5 cm³/mol. The Morgan fingerprint density at radius 2 is 2.05 bits per heavy atom. The molecule has 0 aliphatic carbocycles. The lowest BCUT2D eigenvalue weighted by Gasteiger charge is -2.10. The highest BCUT2D eigenvalue weighted by molar-refractivity contribution is 6.36. The molecule has 1 atom stereocenters. The minimum atomic E-state index is -0.251. The molecule has 1 heterocycles. The number of esters is 1. The zero-order valence-corrected chi connectivity index (χ0v) is 11.8. The summed E-state index contributed by atoms with van der Waals surface area (Å²) in [5, 5.41) is 3.72. The lowest BCUT2D eigenvalue weighted by molar-refractivity contribution is -0.138. The summed E-state index contributed by atoms with van der Waals surface area (Å²) in [6.07, 6.45) is 0.539. The fourth-order valence-corrected chi connectivity index (χ4v) is 2.37. The molecular weight excluding hydrogens is 289 g/mol. The van der Waals surface area contributed by atoms with Crippen molar-refractivity contribution in [1.82, 2.24) is 0 Å². The maximum Gasteiger partial charge on any atom is 0.306 e. The second kappa shape index (κ2) is 5.80. The third kappa shape index (κ3) is 3.61. The van der Waals surface area contributed by atoms with E-state index in [1.54, 1.807) is 19.1 Å². The number of hydrogen-bond donors (Lipinski definition) is 1. The van der Waals surface area contributed by atoms with E-state index in [1.807, 2.05) is 0 Å². The summed E-state index contributed by atoms with van der Waals surface area (Å²) in [6, 6.07) is 3.30. The number of hydrogen-bond acceptors (Lipinski definition) is 3. The highest BCUT2D eigenvalue weighted by Crippen LogP contribution is 2.28. The van der Waals surface area contributed by atoms with Crippen LogP contribution in [0.3, 0.4) is 0 Å². The quantitative estimate of drug-likeness (QED) is 0.872. The smallest absolute Gasteiger partial charge is 0.306 e. The van der Waals surface area contributed by atoms with Crippen LogP contribution < -0.4 is 5.32 Å². The SMILES string of the molecule is Cc1c(Cl)cc(NC(=O)C[C@H]2COC(=O)C2)cc1Cl. The Balaban J connectivity index is 1.97. The molecule has 2 rings (SSSR count). The molecule has 0 spiro atoms. The zero-order valence-electron chi connectivity index (χ0n) is 10.3. The summed E-state index contributed by atoms with van der Waals surface area (Å²) in [5.74, 6) is -0.484. The average Bonchev–Trinajstić information content (AvgIpc) is 2.71. The Morgan fingerprint density at radius 1 is 1.42 bits per heavy atom. The van der Waals surface area contributed by atoms with Crippen molar-refractivity contribution < 1.29 is 14.3 Å². The average molecular weight is 302 g/mol. The van der Waals surface area contributed by atoms with Gasteiger partial charge < -0.3 is 10.1 Å². The first-order valence-electron chi connectivity index (χ1n) is 5.87. The second-order valence-corrected chi connectivity index (χ2v) is 5.38. The lowest BCUT2D eigenvalue weighted by Crippen LogP contribution is -2.16. The van der Waals surface area contributed by atoms with Crippen LogP contribution in [0.15, 0.2) is 12.1 Å². The topological polar surface area (TPSA) is 55.4 Å². The van der Waals surface area contributed by atoms with Crippen LogP contribution in [0.4, 0.5) is 5.69 Å². The Hall–Kier alpha value is -1.26. The molecule has 0 unspecified atom stereocenters. The van der Waals surface area contributed by atoms with Crippen molar-refractivity contribution in [2.45, 2.75) is 19.8 Å². The number of nitrogens with one attached hydrogen (secondary N) is 1. The molecule has 0 saturated carbocycles. The van der Waals surface area contributed by atoms with Crippen molar-refractivity contribution in [1.29, 1.82) is 0 Å². The Kier molecular flexibility index (Phi) is 4.32. The van der Waals surface area contributed by atoms with Gasteiger partial charge in [-0.1, -0.05) is 23.2 Å². The summed E-state index contributed by atoms with van der Waals surface area (Å²) in [4.78, 5) is 22.7. The van der Waals surface area contributed by atoms with Gasteiger partial charge in [-0.2, -0.15) is 0 Å². The Bertz CT molecular complexity index is 508. The second-order valence-electron chi connectivity index (χ2n) is 4.57. The van der Waals surface area contributed by atoms with Gasteiger partial charge in [-0.3, -0.25) is 9.59 Å². The monoisotopic (exact) mass is 301 g/mol. The van der Waals surface area contributed by atoms with E-state index in [2.05, 4.69) is 5.32 Å². The number of carbonyl (C=O) groups is 2. The molecule has 1 amide bonds. The van der Waals surface area contributed by atoms with Crippen LogP contribution in [-0.2, 0) is 14.3 Å². The van der Waals surface area contributed by atoms with Crippen molar-refractivity contribution >= 4 is 40.8 Å². The minimum absolute atomic E-state index is 0.0520. The van der Waals surface area contributed by atoms with Crippen LogP contribution in [0, 0.1) is 12.8 Å². The van der Waals surface area contributed by atoms with Crippen molar-refractivity contribution in [2.24, 2.45) is 5.92 Å². The van der Waals surface area contributed by atoms with Crippen molar-refractivity contribution in [3.05, 3.63) is 27.7 Å². The van der Waals surface area contributed by atoms with Gasteiger partial charge in [0.15, 0.2) is 0 Å². The number of ether oxygens (including phenoxy) is 1. The van der Waals surface area contributed by atoms with Gasteiger partial charge in [0, 0.05) is 28.1 Å². The van der Waals surface area contributed by atoms with Gasteiger partial charge in [-0.15, -0.1) is 0 Å². The molecule has 0 radical (unpaired) electrons. The molecule has 19 heavy (non-hydrogen) atoms. The highest BCUT2D eigenvalue weighted by atomic mass is 35.5. The number of anilines is 1. The number of carbonyl (C=O) groups excluding carboxylic acids is 2. The summed E-state index contributed by atoms with van der Waals surface area (Å²) >= 11 is 12.0. The molecule has 1 aliphatic rings. The molecule has 1 aromatic carbocycles. The lowest BCUT2D eigenvalue weighted by atomic mass is 10.0. The number of amides is 1. The molecule has 1 saturated heterocycles. The molecule has 102 valence electrons. The van der Waals surface area contributed by atoms with Gasteiger partial charge in [-0.05, 0) is 24.6 Å². The summed E-state index contributed by atoms with van der Waals surface area (Å²) < 4.78 is 4.81. The maximum absolute atomic E-state index is 11.8. The molecule has 0 aromatic heterocycles. The fraction of sp³-hybridized carbons (Fsp3) is 0.385. The van der Waals surface area contributed by atoms with Crippen LogP contribution in [0.25, 0.3) is 0 Å². The molecule has 1 aliphatic heterocycles. The Labute approximate surface area is 121 Å². The molecular formula is C13H13Cl2NO3. The molecule has 6 heteroatoms. The van der Waals surface area contributed by atoms with Crippen LogP contribution in [-0.4, -0.2) is 18.5 Å². The van der Waals surface area contributed by atoms with E-state index < -0.39 is 0 Å². The molecule has 0 bridgehead atoms. The van der Waals surface area contributed by atoms with Crippen LogP contribution in [0.2, 0.25) is 10.0 Å². The number of halogens is 2. The fourth-order valence-electron chi connectivity index (χ4n) is 1.89. The predicted octanol–water partition coefficient (Wildman–Crippen LogP) is 3.19. The highest BCUT2D eigenvalue weighted by Gasteiger charge is 2.25. The third-order valence-corrected chi connectivity index (χ3v) is 3.76. The van der Waals surface area contributed by atoms with Gasteiger partial charge in [0.05, 0.1) is 13.0 Å². The standard InChI is InChI=1S/C13H13Cl2NO3/c1-7-10(14)4-9(5-11(7)15)16-12(17)2-8-3-13(18)19-6-8/h4-5,8H,2-3,6H2,1H3,(H,16,17)/t8-/m1/s1. The maximum atomic E-state index is 11.8. The number of rotatable bonds is 3. The zero-order chi connectivity index (χ0) is 14.0. The van der Waals surface area contributed by atoms with E-state index >= 15 is 0 Å². The van der Waals surface area contributed by atoms with E-state index in [-0.39, 0.29) is 24.2 Å². The number of cyclic esters (lactones) is 1. The largest absolute Gasteiger partial charge is 0.465 e. The van der Waals surface area contributed by atoms with Crippen LogP contribution >= 0.6 is 23.2 Å². The van der Waals surface area contributed by atoms with Gasteiger partial charge in [-0.25, -0.2) is 0 Å². The van der Waals surface area contributed by atoms with Crippen LogP contribution in [0.1, 0.15) is 18.4 Å². The van der Waals surface area contributed by atoms with Crippen molar-refractivity contribution in [3.8, 4) is 0 Å². The normalized spacial score (nSPS) is 18.3. The molecule has 1 N–H and O–H groups in total. The first-order valence-corrected chi connectivity index (χ1v) is 6.62. The van der Waals surface area contributed by atoms with Gasteiger partial charge in [0.2, 0.25) is 5.91 Å². The van der Waals surface area contributed by atoms with Gasteiger partial charge in [0.25, 0.3) is 0 Å². The molecule has 1 aromatic rings. The van der Waals surface area contributed by atoms with E-state index in [1.165, 1.54) is 0 Å². The van der Waals surface area contributed by atoms with Crippen molar-refractivity contribution in [2.75, 3.05) is 11.9 Å². The van der Waals surface area contributed by atoms with Crippen molar-refractivity contribution in [3.63, 3.8) is 0 Å².